The lowest BCUT2D eigenvalue weighted by atomic mass is 9.79. The molecule has 1 aliphatic carbocycles. The van der Waals surface area contributed by atoms with Crippen molar-refractivity contribution >= 4 is 28.4 Å². The van der Waals surface area contributed by atoms with Crippen LogP contribution in [0.5, 0.6) is 0 Å². The van der Waals surface area contributed by atoms with E-state index in [-0.39, 0.29) is 24.2 Å². The predicted octanol–water partition coefficient (Wildman–Crippen LogP) is 5.57. The first-order valence-electron chi connectivity index (χ1n) is 14.2. The highest BCUT2D eigenvalue weighted by atomic mass is 19.1. The number of carbonyl (C=O) groups excluding carboxylic acids is 2. The molecule has 7 nitrogen and oxygen atoms in total. The number of aromatic nitrogens is 1. The van der Waals surface area contributed by atoms with Gasteiger partial charge >= 0.3 is 0 Å². The maximum atomic E-state index is 15.1. The van der Waals surface area contributed by atoms with Gasteiger partial charge in [-0.05, 0) is 65.6 Å². The summed E-state index contributed by atoms with van der Waals surface area (Å²) in [5, 5.41) is 3.77. The van der Waals surface area contributed by atoms with Crippen molar-refractivity contribution in [3.63, 3.8) is 0 Å². The summed E-state index contributed by atoms with van der Waals surface area (Å²) < 4.78 is 20.7. The lowest BCUT2D eigenvalue weighted by molar-refractivity contribution is -0.119. The molecule has 0 spiro atoms. The third kappa shape index (κ3) is 5.49. The number of benzene rings is 3. The molecular formula is C33H35FN4O3. The topological polar surface area (TPSA) is 100 Å². The fraction of sp³-hybridized carbons (Fsp3) is 0.333. The first kappa shape index (κ1) is 27.2. The number of nitrogens with zero attached hydrogens (tertiary/aromatic N) is 1. The summed E-state index contributed by atoms with van der Waals surface area (Å²) in [6.45, 7) is 0.264. The van der Waals surface area contributed by atoms with Crippen LogP contribution < -0.4 is 11.1 Å². The van der Waals surface area contributed by atoms with E-state index in [1.807, 2.05) is 48.7 Å². The number of hydrogen-bond acceptors (Lipinski definition) is 4. The summed E-state index contributed by atoms with van der Waals surface area (Å²) in [6.07, 6.45) is 5.95. The summed E-state index contributed by atoms with van der Waals surface area (Å²) in [5.41, 5.74) is 9.27. The molecule has 3 aromatic carbocycles. The third-order valence-electron chi connectivity index (χ3n) is 8.63. The number of fused-ring (bicyclic) bond motifs is 1. The van der Waals surface area contributed by atoms with Crippen LogP contribution in [0.4, 0.5) is 10.1 Å². The SMILES string of the molecule is CO[C@@H]1C[C@H](C(=O)Nc2cc(C(N)(CCC3CC3)c3ccccc3)ccc2F)N(C(=O)c2ccc3cc[nH]c3c2)C1. The lowest BCUT2D eigenvalue weighted by Gasteiger charge is -2.32. The monoisotopic (exact) mass is 554 g/mol. The van der Waals surface area contributed by atoms with Gasteiger partial charge in [0.25, 0.3) is 5.91 Å². The number of aromatic amines is 1. The third-order valence-corrected chi connectivity index (χ3v) is 8.63. The summed E-state index contributed by atoms with van der Waals surface area (Å²) in [7, 11) is 1.56. The van der Waals surface area contributed by atoms with Crippen molar-refractivity contribution in [2.75, 3.05) is 19.0 Å². The molecule has 1 unspecified atom stereocenters. The van der Waals surface area contributed by atoms with Gasteiger partial charge in [-0.3, -0.25) is 9.59 Å². The van der Waals surface area contributed by atoms with Gasteiger partial charge in [-0.2, -0.15) is 0 Å². The Hall–Kier alpha value is -4.01. The fourth-order valence-electron chi connectivity index (χ4n) is 5.93. The van der Waals surface area contributed by atoms with Gasteiger partial charge in [0.05, 0.1) is 17.3 Å². The first-order valence-corrected chi connectivity index (χ1v) is 14.2. The summed E-state index contributed by atoms with van der Waals surface area (Å²) in [6, 6.07) is 21.0. The summed E-state index contributed by atoms with van der Waals surface area (Å²) in [5.74, 6) is -0.620. The minimum Gasteiger partial charge on any atom is -0.380 e. The van der Waals surface area contributed by atoms with E-state index < -0.39 is 23.3 Å². The van der Waals surface area contributed by atoms with Gasteiger partial charge < -0.3 is 25.7 Å². The number of hydrogen-bond donors (Lipinski definition) is 3. The Labute approximate surface area is 238 Å². The van der Waals surface area contributed by atoms with Gasteiger partial charge in [0.2, 0.25) is 5.91 Å². The van der Waals surface area contributed by atoms with Gasteiger partial charge in [0, 0.05) is 37.4 Å². The molecular weight excluding hydrogens is 519 g/mol. The number of H-pyrrole nitrogens is 1. The van der Waals surface area contributed by atoms with Crippen molar-refractivity contribution in [1.82, 2.24) is 9.88 Å². The normalized spacial score (nSPS) is 20.2. The van der Waals surface area contributed by atoms with Crippen LogP contribution >= 0.6 is 0 Å². The Morgan fingerprint density at radius 1 is 1.07 bits per heavy atom. The van der Waals surface area contributed by atoms with Crippen LogP contribution in [0.15, 0.2) is 79.0 Å². The number of rotatable bonds is 9. The molecule has 2 aliphatic rings. The lowest BCUT2D eigenvalue weighted by Crippen LogP contribution is -2.43. The molecule has 1 aromatic heterocycles. The summed E-state index contributed by atoms with van der Waals surface area (Å²) in [4.78, 5) is 31.8. The van der Waals surface area contributed by atoms with Gasteiger partial charge in [0.1, 0.15) is 11.9 Å². The molecule has 3 atom stereocenters. The van der Waals surface area contributed by atoms with Gasteiger partial charge in [-0.25, -0.2) is 4.39 Å². The van der Waals surface area contributed by atoms with Crippen molar-refractivity contribution in [3.05, 3.63) is 102 Å². The number of amides is 2. The second-order valence-electron chi connectivity index (χ2n) is 11.3. The number of nitrogens with two attached hydrogens (primary N) is 1. The zero-order valence-electron chi connectivity index (χ0n) is 23.1. The molecule has 1 aliphatic heterocycles. The number of anilines is 1. The Morgan fingerprint density at radius 3 is 2.63 bits per heavy atom. The zero-order valence-corrected chi connectivity index (χ0v) is 23.1. The van der Waals surface area contributed by atoms with Crippen molar-refractivity contribution in [1.29, 1.82) is 0 Å². The average Bonchev–Trinajstić information content (AvgIpc) is 3.53. The van der Waals surface area contributed by atoms with Gasteiger partial charge in [-0.15, -0.1) is 0 Å². The van der Waals surface area contributed by atoms with E-state index in [1.165, 1.54) is 23.8 Å². The molecule has 2 heterocycles. The molecule has 2 amide bonds. The van der Waals surface area contributed by atoms with Crippen molar-refractivity contribution in [2.24, 2.45) is 11.7 Å². The van der Waals surface area contributed by atoms with Crippen LogP contribution in [0.1, 0.15) is 53.6 Å². The summed E-state index contributed by atoms with van der Waals surface area (Å²) >= 11 is 0. The van der Waals surface area contributed by atoms with E-state index >= 15 is 4.39 Å². The number of carbonyl (C=O) groups is 2. The molecule has 2 fully saturated rings. The number of halogens is 1. The highest BCUT2D eigenvalue weighted by Crippen LogP contribution is 2.40. The number of ether oxygens (including phenoxy) is 1. The number of likely N-dealkylation sites (tertiary alicyclic amines) is 1. The first-order chi connectivity index (χ1) is 19.9. The Bertz CT molecular complexity index is 1570. The van der Waals surface area contributed by atoms with Gasteiger partial charge in [0.15, 0.2) is 0 Å². The van der Waals surface area contributed by atoms with Crippen LogP contribution in [0.25, 0.3) is 10.9 Å². The Kier molecular flexibility index (Phi) is 7.36. The highest BCUT2D eigenvalue weighted by molar-refractivity contribution is 6.03. The molecule has 0 bridgehead atoms. The second-order valence-corrected chi connectivity index (χ2v) is 11.3. The molecule has 6 rings (SSSR count). The molecule has 0 radical (unpaired) electrons. The highest BCUT2D eigenvalue weighted by Gasteiger charge is 2.41. The quantitative estimate of drug-likeness (QED) is 0.252. The van der Waals surface area contributed by atoms with E-state index in [0.29, 0.717) is 24.3 Å². The van der Waals surface area contributed by atoms with Gasteiger partial charge in [-0.1, -0.05) is 55.3 Å². The van der Waals surface area contributed by atoms with Crippen LogP contribution in [0.2, 0.25) is 0 Å². The van der Waals surface area contributed by atoms with Crippen LogP contribution in [0, 0.1) is 11.7 Å². The van der Waals surface area contributed by atoms with Crippen molar-refractivity contribution < 1.29 is 18.7 Å². The fourth-order valence-corrected chi connectivity index (χ4v) is 5.93. The molecule has 41 heavy (non-hydrogen) atoms. The minimum absolute atomic E-state index is 0.0470. The Balaban J connectivity index is 1.26. The predicted molar refractivity (Wildman–Crippen MR) is 157 cm³/mol. The van der Waals surface area contributed by atoms with E-state index in [4.69, 9.17) is 10.5 Å². The average molecular weight is 555 g/mol. The molecule has 1 saturated heterocycles. The van der Waals surface area contributed by atoms with Crippen LogP contribution in [-0.2, 0) is 15.1 Å². The molecule has 4 N–H and O–H groups in total. The second kappa shape index (κ2) is 11.1. The number of methoxy groups -OCH3 is 1. The van der Waals surface area contributed by atoms with Crippen molar-refractivity contribution in [3.8, 4) is 0 Å². The van der Waals surface area contributed by atoms with Crippen LogP contribution in [-0.4, -0.2) is 47.5 Å². The Morgan fingerprint density at radius 2 is 1.88 bits per heavy atom. The van der Waals surface area contributed by atoms with E-state index in [0.717, 1.165) is 28.5 Å². The zero-order chi connectivity index (χ0) is 28.6. The standard InChI is InChI=1S/C33H35FN4O3/c1-41-26-19-30(38(20-26)32(40)23-10-9-22-14-16-36-28(22)17-23)31(39)37-29-18-25(11-12-27(29)34)33(35,15-13-21-7-8-21)24-5-3-2-4-6-24/h2-6,9-12,14,16-18,21,26,30,36H,7-8,13,15,19-20,35H2,1H3,(H,37,39)/t26-,30-,33?/m1/s1. The molecule has 4 aromatic rings. The molecule has 1 saturated carbocycles. The smallest absolute Gasteiger partial charge is 0.254 e. The minimum atomic E-state index is -0.829. The largest absolute Gasteiger partial charge is 0.380 e. The molecule has 212 valence electrons. The molecule has 8 heteroatoms. The number of nitrogens with one attached hydrogen (secondary N) is 2. The maximum Gasteiger partial charge on any atom is 0.254 e. The van der Waals surface area contributed by atoms with E-state index in [2.05, 4.69) is 10.3 Å². The van der Waals surface area contributed by atoms with E-state index in [9.17, 15) is 9.59 Å². The van der Waals surface area contributed by atoms with Crippen molar-refractivity contribution in [2.45, 2.75) is 49.8 Å². The van der Waals surface area contributed by atoms with Crippen LogP contribution in [0.3, 0.4) is 0 Å². The van der Waals surface area contributed by atoms with E-state index in [1.54, 1.807) is 31.4 Å². The maximum absolute atomic E-state index is 15.1.